The molecule has 0 spiro atoms. The van der Waals surface area contributed by atoms with E-state index >= 15 is 0 Å². The van der Waals surface area contributed by atoms with Crippen LogP contribution in [0, 0.1) is 0 Å². The smallest absolute Gasteiger partial charge is 0.343 e. The fourth-order valence-electron chi connectivity index (χ4n) is 2.55. The highest BCUT2D eigenvalue weighted by Gasteiger charge is 2.14. The predicted octanol–water partition coefficient (Wildman–Crippen LogP) is 5.40. The SMILES string of the molecule is COc1cc(C=NNC(=O)COc2cccc(Cl)c2)ccc1OC(=O)c1ccc(Cl)c(Cl)c1. The van der Waals surface area contributed by atoms with Crippen LogP contribution in [0.5, 0.6) is 17.2 Å². The Morgan fingerprint density at radius 1 is 0.970 bits per heavy atom. The Labute approximate surface area is 204 Å². The number of esters is 1. The number of hydrazone groups is 1. The van der Waals surface area contributed by atoms with Gasteiger partial charge in [0.2, 0.25) is 0 Å². The maximum Gasteiger partial charge on any atom is 0.343 e. The zero-order valence-electron chi connectivity index (χ0n) is 17.2. The highest BCUT2D eigenvalue weighted by molar-refractivity contribution is 6.42. The molecule has 0 aliphatic rings. The first-order valence-corrected chi connectivity index (χ1v) is 10.5. The van der Waals surface area contributed by atoms with Crippen molar-refractivity contribution in [3.05, 3.63) is 86.9 Å². The highest BCUT2D eigenvalue weighted by Crippen LogP contribution is 2.29. The minimum atomic E-state index is -0.625. The van der Waals surface area contributed by atoms with Crippen molar-refractivity contribution >= 4 is 52.9 Å². The molecule has 1 amide bonds. The summed E-state index contributed by atoms with van der Waals surface area (Å²) in [6, 6.07) is 15.9. The molecule has 170 valence electrons. The van der Waals surface area contributed by atoms with Crippen molar-refractivity contribution in [2.75, 3.05) is 13.7 Å². The summed E-state index contributed by atoms with van der Waals surface area (Å²) in [7, 11) is 1.43. The van der Waals surface area contributed by atoms with E-state index in [9.17, 15) is 9.59 Å². The van der Waals surface area contributed by atoms with Crippen LogP contribution in [0.25, 0.3) is 0 Å². The highest BCUT2D eigenvalue weighted by atomic mass is 35.5. The fourth-order valence-corrected chi connectivity index (χ4v) is 3.03. The molecule has 0 aliphatic carbocycles. The molecular weight excluding hydrogens is 491 g/mol. The monoisotopic (exact) mass is 506 g/mol. The van der Waals surface area contributed by atoms with Crippen molar-refractivity contribution in [2.24, 2.45) is 5.10 Å². The standard InChI is InChI=1S/C23H17Cl3N2O5/c1-31-21-9-14(12-27-28-22(29)13-32-17-4-2-3-16(24)11-17)5-8-20(21)33-23(30)15-6-7-18(25)19(26)10-15/h2-12H,13H2,1H3,(H,28,29). The van der Waals surface area contributed by atoms with Crippen LogP contribution in [0.1, 0.15) is 15.9 Å². The van der Waals surface area contributed by atoms with Crippen LogP contribution in [0.3, 0.4) is 0 Å². The Hall–Kier alpha value is -3.26. The Morgan fingerprint density at radius 2 is 1.79 bits per heavy atom. The van der Waals surface area contributed by atoms with Gasteiger partial charge in [0.05, 0.1) is 28.9 Å². The van der Waals surface area contributed by atoms with Crippen molar-refractivity contribution in [3.63, 3.8) is 0 Å². The molecule has 1 N–H and O–H groups in total. The van der Waals surface area contributed by atoms with Crippen LogP contribution < -0.4 is 19.6 Å². The number of methoxy groups -OCH3 is 1. The Balaban J connectivity index is 1.58. The molecule has 0 bridgehead atoms. The third kappa shape index (κ3) is 7.12. The zero-order chi connectivity index (χ0) is 23.8. The first-order valence-electron chi connectivity index (χ1n) is 9.41. The first kappa shape index (κ1) is 24.4. The molecule has 3 aromatic rings. The maximum atomic E-state index is 12.4. The van der Waals surface area contributed by atoms with Crippen molar-refractivity contribution in [1.82, 2.24) is 5.43 Å². The van der Waals surface area contributed by atoms with Gasteiger partial charge in [0.15, 0.2) is 18.1 Å². The summed E-state index contributed by atoms with van der Waals surface area (Å²) in [4.78, 5) is 24.3. The van der Waals surface area contributed by atoms with Gasteiger partial charge in [-0.15, -0.1) is 0 Å². The largest absolute Gasteiger partial charge is 0.493 e. The Kier molecular flexibility index (Phi) is 8.54. The number of ether oxygens (including phenoxy) is 3. The van der Waals surface area contributed by atoms with Gasteiger partial charge in [-0.1, -0.05) is 40.9 Å². The van der Waals surface area contributed by atoms with Crippen LogP contribution in [-0.4, -0.2) is 31.8 Å². The van der Waals surface area contributed by atoms with E-state index in [1.807, 2.05) is 0 Å². The summed E-state index contributed by atoms with van der Waals surface area (Å²) in [5.74, 6) is -0.115. The topological polar surface area (TPSA) is 86.2 Å². The molecule has 33 heavy (non-hydrogen) atoms. The summed E-state index contributed by atoms with van der Waals surface area (Å²) in [5, 5.41) is 4.96. The lowest BCUT2D eigenvalue weighted by Crippen LogP contribution is -2.24. The maximum absolute atomic E-state index is 12.4. The van der Waals surface area contributed by atoms with E-state index in [1.54, 1.807) is 42.5 Å². The number of carbonyl (C=O) groups is 2. The Morgan fingerprint density at radius 3 is 2.52 bits per heavy atom. The van der Waals surface area contributed by atoms with Gasteiger partial charge < -0.3 is 14.2 Å². The predicted molar refractivity (Wildman–Crippen MR) is 127 cm³/mol. The molecule has 0 heterocycles. The van der Waals surface area contributed by atoms with Crippen molar-refractivity contribution < 1.29 is 23.8 Å². The minimum absolute atomic E-state index is 0.199. The van der Waals surface area contributed by atoms with E-state index in [4.69, 9.17) is 49.0 Å². The van der Waals surface area contributed by atoms with E-state index in [1.165, 1.54) is 31.5 Å². The van der Waals surface area contributed by atoms with Gasteiger partial charge in [0, 0.05) is 5.02 Å². The van der Waals surface area contributed by atoms with E-state index in [2.05, 4.69) is 10.5 Å². The third-order valence-electron chi connectivity index (χ3n) is 4.11. The Bertz CT molecular complexity index is 1200. The zero-order valence-corrected chi connectivity index (χ0v) is 19.4. The van der Waals surface area contributed by atoms with Crippen LogP contribution in [0.15, 0.2) is 65.8 Å². The van der Waals surface area contributed by atoms with Gasteiger partial charge in [0.25, 0.3) is 5.91 Å². The molecule has 10 heteroatoms. The average Bonchev–Trinajstić information content (AvgIpc) is 2.80. The minimum Gasteiger partial charge on any atom is -0.493 e. The summed E-state index contributed by atoms with van der Waals surface area (Å²) in [6.45, 7) is -0.232. The number of halogens is 3. The van der Waals surface area contributed by atoms with Gasteiger partial charge in [-0.25, -0.2) is 10.2 Å². The molecule has 0 unspecified atom stereocenters. The van der Waals surface area contributed by atoms with Gasteiger partial charge in [-0.2, -0.15) is 5.10 Å². The van der Waals surface area contributed by atoms with Crippen LogP contribution >= 0.6 is 34.8 Å². The van der Waals surface area contributed by atoms with E-state index in [0.717, 1.165) is 0 Å². The molecule has 7 nitrogen and oxygen atoms in total. The number of rotatable bonds is 8. The number of hydrogen-bond donors (Lipinski definition) is 1. The summed E-state index contributed by atoms with van der Waals surface area (Å²) < 4.78 is 16.0. The summed E-state index contributed by atoms with van der Waals surface area (Å²) >= 11 is 17.7. The lowest BCUT2D eigenvalue weighted by molar-refractivity contribution is -0.123. The van der Waals surface area contributed by atoms with Crippen LogP contribution in [-0.2, 0) is 4.79 Å². The van der Waals surface area contributed by atoms with Crippen molar-refractivity contribution in [3.8, 4) is 17.2 Å². The molecular formula is C23H17Cl3N2O5. The number of nitrogens with zero attached hydrogens (tertiary/aromatic N) is 1. The molecule has 0 aromatic heterocycles. The van der Waals surface area contributed by atoms with Crippen LogP contribution in [0.2, 0.25) is 15.1 Å². The molecule has 0 fully saturated rings. The van der Waals surface area contributed by atoms with Crippen LogP contribution in [0.4, 0.5) is 0 Å². The number of amides is 1. The molecule has 0 saturated carbocycles. The molecule has 0 radical (unpaired) electrons. The average molecular weight is 508 g/mol. The normalized spacial score (nSPS) is 10.7. The summed E-state index contributed by atoms with van der Waals surface area (Å²) in [5.41, 5.74) is 3.19. The molecule has 0 aliphatic heterocycles. The van der Waals surface area contributed by atoms with Gasteiger partial charge in [-0.05, 0) is 60.2 Å². The molecule has 3 rings (SSSR count). The third-order valence-corrected chi connectivity index (χ3v) is 5.09. The second kappa shape index (κ2) is 11.6. The lowest BCUT2D eigenvalue weighted by atomic mass is 10.2. The van der Waals surface area contributed by atoms with Crippen molar-refractivity contribution in [1.29, 1.82) is 0 Å². The number of carbonyl (C=O) groups excluding carboxylic acids is 2. The quantitative estimate of drug-likeness (QED) is 0.191. The summed E-state index contributed by atoms with van der Waals surface area (Å²) in [6.07, 6.45) is 1.41. The number of benzene rings is 3. The molecule has 0 atom stereocenters. The van der Waals surface area contributed by atoms with E-state index in [0.29, 0.717) is 27.1 Å². The second-order valence-electron chi connectivity index (χ2n) is 6.47. The van der Waals surface area contributed by atoms with E-state index in [-0.39, 0.29) is 22.9 Å². The van der Waals surface area contributed by atoms with Gasteiger partial charge in [-0.3, -0.25) is 4.79 Å². The van der Waals surface area contributed by atoms with Gasteiger partial charge in [0.1, 0.15) is 5.75 Å². The second-order valence-corrected chi connectivity index (χ2v) is 7.72. The fraction of sp³-hybridized carbons (Fsp3) is 0.0870. The van der Waals surface area contributed by atoms with Crippen molar-refractivity contribution in [2.45, 2.75) is 0 Å². The molecule has 3 aromatic carbocycles. The van der Waals surface area contributed by atoms with Gasteiger partial charge >= 0.3 is 5.97 Å². The lowest BCUT2D eigenvalue weighted by Gasteiger charge is -2.10. The molecule has 0 saturated heterocycles. The first-order chi connectivity index (χ1) is 15.9. The number of hydrogen-bond acceptors (Lipinski definition) is 6. The van der Waals surface area contributed by atoms with E-state index < -0.39 is 11.9 Å². The number of nitrogens with one attached hydrogen (secondary N) is 1.